The van der Waals surface area contributed by atoms with Crippen LogP contribution in [0.15, 0.2) is 18.2 Å². The second kappa shape index (κ2) is 3.33. The van der Waals surface area contributed by atoms with Gasteiger partial charge in [-0.05, 0) is 5.52 Å². The summed E-state index contributed by atoms with van der Waals surface area (Å²) in [4.78, 5) is 4.09. The van der Waals surface area contributed by atoms with E-state index in [1.807, 2.05) is 18.2 Å². The van der Waals surface area contributed by atoms with Gasteiger partial charge in [0.1, 0.15) is 0 Å². The quantitative estimate of drug-likeness (QED) is 0.745. The van der Waals surface area contributed by atoms with Gasteiger partial charge in [0, 0.05) is 21.1 Å². The number of nitrogens with zero attached hydrogens (tertiary/aromatic N) is 1. The summed E-state index contributed by atoms with van der Waals surface area (Å²) in [6.45, 7) is 0. The molecule has 0 bridgehead atoms. The number of nitrogen functional groups attached to an aromatic ring is 1. The van der Waals surface area contributed by atoms with Gasteiger partial charge in [-0.1, -0.05) is 4.70 Å². The zero-order valence-electron chi connectivity index (χ0n) is 5.57. The second-order valence-corrected chi connectivity index (χ2v) is 3.01. The summed E-state index contributed by atoms with van der Waals surface area (Å²) in [5, 5.41) is 0.620. The van der Waals surface area contributed by atoms with Crippen LogP contribution in [0.2, 0.25) is 0 Å². The number of hydrogen-bond donors (Lipinski definition) is 1. The van der Waals surface area contributed by atoms with Crippen molar-refractivity contribution in [1.29, 1.82) is 0 Å². The van der Waals surface area contributed by atoms with Gasteiger partial charge < -0.3 is 5.73 Å². The third kappa shape index (κ3) is 1.60. The zero-order valence-corrected chi connectivity index (χ0v) is 9.32. The number of rotatable bonds is 0. The van der Waals surface area contributed by atoms with Gasteiger partial charge in [-0.15, -0.1) is 6.07 Å². The minimum Gasteiger partial charge on any atom is -0.376 e. The fraction of sp³-hybridized carbons (Fsp3) is 0. The van der Waals surface area contributed by atoms with Crippen molar-refractivity contribution in [1.82, 2.24) is 4.98 Å². The molecule has 2 nitrogen and oxygen atoms in total. The summed E-state index contributed by atoms with van der Waals surface area (Å²) in [6, 6.07) is 8.60. The standard InChI is InChI=1S/C7H5N2S.W/c8-7-9-5-3-1-2-4-6(5)10-7;/h1,3-4H,(H2,8,9);/q-1;. The minimum atomic E-state index is 0. The molecular weight excluding hydrogens is 328 g/mol. The summed E-state index contributed by atoms with van der Waals surface area (Å²) < 4.78 is 1.10. The molecule has 0 saturated heterocycles. The summed E-state index contributed by atoms with van der Waals surface area (Å²) >= 11 is 1.49. The summed E-state index contributed by atoms with van der Waals surface area (Å²) in [5.74, 6) is 0. The fourth-order valence-electron chi connectivity index (χ4n) is 0.835. The largest absolute Gasteiger partial charge is 0.376 e. The molecule has 0 amide bonds. The Balaban J connectivity index is 0.000000605. The molecule has 0 aliphatic heterocycles. The molecule has 56 valence electrons. The average molecular weight is 333 g/mol. The van der Waals surface area contributed by atoms with Gasteiger partial charge >= 0.3 is 0 Å². The van der Waals surface area contributed by atoms with Gasteiger partial charge in [0.15, 0.2) is 5.13 Å². The predicted octanol–water partition coefficient (Wildman–Crippen LogP) is 1.68. The molecule has 0 saturated carbocycles. The molecule has 2 rings (SSSR count). The molecule has 1 aromatic heterocycles. The molecule has 2 N–H and O–H groups in total. The fourth-order valence-corrected chi connectivity index (χ4v) is 1.55. The Hall–Kier alpha value is -0.402. The van der Waals surface area contributed by atoms with Crippen molar-refractivity contribution in [3.8, 4) is 0 Å². The van der Waals surface area contributed by atoms with Gasteiger partial charge in [-0.3, -0.25) is 0 Å². The molecule has 11 heavy (non-hydrogen) atoms. The van der Waals surface area contributed by atoms with Crippen LogP contribution in [-0.2, 0) is 21.1 Å². The topological polar surface area (TPSA) is 38.9 Å². The van der Waals surface area contributed by atoms with Gasteiger partial charge in [-0.2, -0.15) is 29.5 Å². The number of fused-ring (bicyclic) bond motifs is 1. The van der Waals surface area contributed by atoms with Crippen LogP contribution in [0, 0.1) is 6.07 Å². The van der Waals surface area contributed by atoms with E-state index < -0.39 is 0 Å². The van der Waals surface area contributed by atoms with Crippen LogP contribution in [0.3, 0.4) is 0 Å². The molecule has 0 aliphatic rings. The molecule has 1 heterocycles. The first-order chi connectivity index (χ1) is 4.86. The normalized spacial score (nSPS) is 9.45. The number of anilines is 1. The monoisotopic (exact) mass is 333 g/mol. The van der Waals surface area contributed by atoms with E-state index >= 15 is 0 Å². The number of nitrogens with two attached hydrogens (primary N) is 1. The number of aromatic nitrogens is 1. The second-order valence-electron chi connectivity index (χ2n) is 1.95. The van der Waals surface area contributed by atoms with E-state index in [4.69, 9.17) is 5.73 Å². The summed E-state index contributed by atoms with van der Waals surface area (Å²) in [7, 11) is 0. The third-order valence-corrected chi connectivity index (χ3v) is 2.10. The van der Waals surface area contributed by atoms with Crippen molar-refractivity contribution < 1.29 is 21.1 Å². The smallest absolute Gasteiger partial charge is 0.166 e. The summed E-state index contributed by atoms with van der Waals surface area (Å²) in [6.07, 6.45) is 0. The molecule has 2 aromatic rings. The Kier molecular flexibility index (Phi) is 2.63. The first kappa shape index (κ1) is 8.69. The van der Waals surface area contributed by atoms with Crippen molar-refractivity contribution in [3.63, 3.8) is 0 Å². The van der Waals surface area contributed by atoms with E-state index in [-0.39, 0.29) is 21.1 Å². The van der Waals surface area contributed by atoms with E-state index in [1.54, 1.807) is 0 Å². The maximum atomic E-state index is 5.48. The van der Waals surface area contributed by atoms with Gasteiger partial charge in [0.2, 0.25) is 0 Å². The Labute approximate surface area is 82.7 Å². The first-order valence-corrected chi connectivity index (χ1v) is 3.70. The molecule has 0 spiro atoms. The minimum absolute atomic E-state index is 0. The van der Waals surface area contributed by atoms with Crippen LogP contribution in [0.5, 0.6) is 0 Å². The van der Waals surface area contributed by atoms with Gasteiger partial charge in [0.25, 0.3) is 0 Å². The van der Waals surface area contributed by atoms with Crippen LogP contribution < -0.4 is 5.73 Å². The van der Waals surface area contributed by atoms with Crippen LogP contribution >= 0.6 is 11.3 Å². The van der Waals surface area contributed by atoms with Crippen molar-refractivity contribution in [2.24, 2.45) is 0 Å². The van der Waals surface area contributed by atoms with Crippen LogP contribution in [0.1, 0.15) is 0 Å². The van der Waals surface area contributed by atoms with Crippen LogP contribution in [0.25, 0.3) is 10.2 Å². The molecule has 0 radical (unpaired) electrons. The van der Waals surface area contributed by atoms with Crippen molar-refractivity contribution in [2.75, 3.05) is 5.73 Å². The molecule has 0 unspecified atom stereocenters. The Morgan fingerprint density at radius 2 is 2.36 bits per heavy atom. The van der Waals surface area contributed by atoms with Crippen LogP contribution in [0.4, 0.5) is 5.13 Å². The summed E-state index contributed by atoms with van der Waals surface area (Å²) in [5.41, 5.74) is 6.44. The Morgan fingerprint density at radius 3 is 3.09 bits per heavy atom. The van der Waals surface area contributed by atoms with E-state index in [9.17, 15) is 0 Å². The molecular formula is C7H5N2SW-. The predicted molar refractivity (Wildman–Crippen MR) is 42.9 cm³/mol. The maximum absolute atomic E-state index is 5.48. The van der Waals surface area contributed by atoms with Gasteiger partial charge in [0.05, 0.1) is 0 Å². The number of benzene rings is 1. The van der Waals surface area contributed by atoms with E-state index in [1.165, 1.54) is 11.3 Å². The maximum Gasteiger partial charge on any atom is 0.166 e. The Bertz CT molecular complexity index is 325. The first-order valence-electron chi connectivity index (χ1n) is 2.88. The van der Waals surface area contributed by atoms with Crippen molar-refractivity contribution in [3.05, 3.63) is 24.3 Å². The molecule has 0 fully saturated rings. The van der Waals surface area contributed by atoms with Crippen molar-refractivity contribution >= 4 is 26.7 Å². The molecule has 4 heteroatoms. The molecule has 1 aromatic carbocycles. The van der Waals surface area contributed by atoms with E-state index in [0.29, 0.717) is 5.13 Å². The Morgan fingerprint density at radius 1 is 1.55 bits per heavy atom. The van der Waals surface area contributed by atoms with E-state index in [2.05, 4.69) is 11.1 Å². The zero-order chi connectivity index (χ0) is 6.97. The molecule has 0 atom stereocenters. The van der Waals surface area contributed by atoms with Crippen LogP contribution in [-0.4, -0.2) is 4.98 Å². The number of hydrogen-bond acceptors (Lipinski definition) is 3. The van der Waals surface area contributed by atoms with Gasteiger partial charge in [-0.25, -0.2) is 4.98 Å². The number of thiazole rings is 1. The average Bonchev–Trinajstić information content (AvgIpc) is 2.27. The van der Waals surface area contributed by atoms with E-state index in [0.717, 1.165) is 10.2 Å². The molecule has 0 aliphatic carbocycles. The SMILES string of the molecule is Nc1nc2cc[c-]cc2s1.[W]. The third-order valence-electron chi connectivity index (χ3n) is 1.25. The van der Waals surface area contributed by atoms with Crippen molar-refractivity contribution in [2.45, 2.75) is 0 Å².